The largest absolute Gasteiger partial charge is 0.505 e. The molecular weight excluding hydrogens is 1010 g/mol. The smallest absolute Gasteiger partial charge is 0.421 e. The van der Waals surface area contributed by atoms with Crippen molar-refractivity contribution in [2.75, 3.05) is 51.4 Å². The predicted octanol–water partition coefficient (Wildman–Crippen LogP) is 13.4. The van der Waals surface area contributed by atoms with Gasteiger partial charge in [-0.25, -0.2) is 9.13 Å². The topological polar surface area (TPSA) is 159 Å². The maximum atomic E-state index is 13.5. The number of aromatic hydroxyl groups is 1. The van der Waals surface area contributed by atoms with Crippen LogP contribution in [0, 0.1) is 13.8 Å². The summed E-state index contributed by atoms with van der Waals surface area (Å²) in [5, 5.41) is 36.0. The minimum atomic E-state index is -0.302. The number of amides is 2. The van der Waals surface area contributed by atoms with E-state index < -0.39 is 0 Å². The van der Waals surface area contributed by atoms with E-state index in [1.54, 1.807) is 60.3 Å². The highest BCUT2D eigenvalue weighted by atomic mass is 16.3. The fourth-order valence-electron chi connectivity index (χ4n) is 10.2. The number of imidazole rings is 1. The van der Waals surface area contributed by atoms with Crippen molar-refractivity contribution in [3.05, 3.63) is 198 Å². The normalized spacial score (nSPS) is 13.3. The van der Waals surface area contributed by atoms with E-state index in [1.807, 2.05) is 95.4 Å². The summed E-state index contributed by atoms with van der Waals surface area (Å²) in [7, 11) is 7.43. The summed E-state index contributed by atoms with van der Waals surface area (Å²) in [5.74, 6) is 0.345. The number of anilines is 4. The van der Waals surface area contributed by atoms with Crippen molar-refractivity contribution in [1.82, 2.24) is 33.3 Å². The van der Waals surface area contributed by atoms with E-state index in [2.05, 4.69) is 133 Å². The highest BCUT2D eigenvalue weighted by Gasteiger charge is 2.24. The number of nitrogens with one attached hydrogen (secondary N) is 2. The lowest BCUT2D eigenvalue weighted by Gasteiger charge is -2.26. The van der Waals surface area contributed by atoms with Gasteiger partial charge in [0.05, 0.1) is 31.7 Å². The van der Waals surface area contributed by atoms with Crippen LogP contribution in [0.25, 0.3) is 11.4 Å². The molecule has 418 valence electrons. The maximum Gasteiger partial charge on any atom is 0.421 e. The van der Waals surface area contributed by atoms with Crippen LogP contribution in [0.15, 0.2) is 185 Å². The van der Waals surface area contributed by atoms with Gasteiger partial charge < -0.3 is 44.5 Å². The molecule has 3 aromatic heterocycles. The van der Waals surface area contributed by atoms with Gasteiger partial charge >= 0.3 is 5.95 Å². The van der Waals surface area contributed by atoms with E-state index in [0.717, 1.165) is 65.5 Å². The van der Waals surface area contributed by atoms with E-state index in [-0.39, 0.29) is 23.9 Å². The molecule has 0 bridgehead atoms. The summed E-state index contributed by atoms with van der Waals surface area (Å²) in [6.07, 6.45) is 13.1. The first kappa shape index (κ1) is 56.5. The average Bonchev–Trinajstić information content (AvgIpc) is 4.25. The number of carbonyl (C=O) groups excluding carboxylic acids is 2. The molecule has 1 unspecified atom stereocenters. The number of benzene rings is 5. The Bertz CT molecular complexity index is 3500. The first-order valence-electron chi connectivity index (χ1n) is 27.9. The number of aromatic nitrogens is 4. The molecule has 0 saturated carbocycles. The Kier molecular flexibility index (Phi) is 18.2. The van der Waals surface area contributed by atoms with E-state index in [0.29, 0.717) is 61.8 Å². The minimum absolute atomic E-state index is 0.00134. The monoisotopic (exact) mass is 1090 g/mol. The molecular formula is C64H75N14O3+. The van der Waals surface area contributed by atoms with Crippen LogP contribution in [0.2, 0.25) is 0 Å². The Labute approximate surface area is 475 Å². The number of hydrogen-bond donors (Lipinski definition) is 3. The summed E-state index contributed by atoms with van der Waals surface area (Å²) < 4.78 is 8.44. The molecule has 1 aliphatic rings. The zero-order chi connectivity index (χ0) is 57.0. The first-order chi connectivity index (χ1) is 39.3. The van der Waals surface area contributed by atoms with Gasteiger partial charge in [0.1, 0.15) is 11.4 Å². The van der Waals surface area contributed by atoms with E-state index in [1.165, 1.54) is 22.8 Å². The first-order valence-corrected chi connectivity index (χ1v) is 27.9. The van der Waals surface area contributed by atoms with Gasteiger partial charge in [-0.1, -0.05) is 31.8 Å². The summed E-state index contributed by atoms with van der Waals surface area (Å²) in [6.45, 7) is 10.9. The van der Waals surface area contributed by atoms with E-state index >= 15 is 0 Å². The Balaban J connectivity index is 0.698. The highest BCUT2D eigenvalue weighted by Crippen LogP contribution is 2.33. The van der Waals surface area contributed by atoms with E-state index in [9.17, 15) is 14.7 Å². The number of azo groups is 2. The van der Waals surface area contributed by atoms with Crippen molar-refractivity contribution in [2.45, 2.75) is 79.1 Å². The van der Waals surface area contributed by atoms with Crippen molar-refractivity contribution in [3.8, 4) is 17.1 Å². The molecule has 0 fully saturated rings. The van der Waals surface area contributed by atoms with Gasteiger partial charge in [-0.05, 0) is 173 Å². The molecule has 9 rings (SSSR count). The third-order valence-electron chi connectivity index (χ3n) is 14.6. The molecule has 5 aromatic carbocycles. The molecule has 0 spiro atoms. The molecule has 8 aromatic rings. The SMILES string of the molecule is CCCc1ccc(C)n1-c1ccc(Nc2ccc(N=NC3N(C)C=CN3CCCN(C)C(=O)c3ccc(C(=O)N(C)CCCn4cc[n+](C)c4N=Nc4ccc(Nc5ccc(-n6c(C)ccc6CCC)cc5)cc4O)cc3)cc2)cc1. The second-order valence-electron chi connectivity index (χ2n) is 20.8. The zero-order valence-corrected chi connectivity index (χ0v) is 47.9. The summed E-state index contributed by atoms with van der Waals surface area (Å²) in [4.78, 5) is 34.5. The molecule has 1 atom stereocenters. The average molecular weight is 1090 g/mol. The number of carbonyl (C=O) groups is 2. The van der Waals surface area contributed by atoms with Crippen molar-refractivity contribution in [1.29, 1.82) is 0 Å². The van der Waals surface area contributed by atoms with E-state index in [4.69, 9.17) is 0 Å². The maximum absolute atomic E-state index is 13.5. The lowest BCUT2D eigenvalue weighted by Crippen LogP contribution is -2.36. The molecule has 1 aliphatic heterocycles. The number of aryl methyl sites for hydroxylation is 6. The molecule has 3 N–H and O–H groups in total. The van der Waals surface area contributed by atoms with Gasteiger partial charge in [-0.2, -0.15) is 5.11 Å². The third-order valence-corrected chi connectivity index (χ3v) is 14.6. The fraction of sp³-hybridized carbons (Fsp3) is 0.297. The standard InChI is InChI=1S/C64H74N14O3/c1-9-13-55-30-15-46(3)77(55)57-32-25-51(26-33-57)65-50-21-23-53(24-22-50)67-69-63-73(7)41-43-75(63)39-11-37-71(5)61(80)48-17-19-49(20-18-48)62(81)72(6)38-12-40-76-44-42-74(8)64(76)70-68-59-36-29-54(45-60(59)79)66-52-27-34-58(35-28-52)78-47(4)16-31-56(78)14-10-2/h15-36,41-45,63H,9-14,37-40H2,1-8H3,(H2,65,66,69,79)/p+1. The second-order valence-corrected chi connectivity index (χ2v) is 20.8. The summed E-state index contributed by atoms with van der Waals surface area (Å²) >= 11 is 0. The van der Waals surface area contributed by atoms with Crippen LogP contribution in [-0.2, 0) is 26.4 Å². The Morgan fingerprint density at radius 3 is 1.65 bits per heavy atom. The summed E-state index contributed by atoms with van der Waals surface area (Å²) in [6, 6.07) is 45.5. The fourth-order valence-corrected chi connectivity index (χ4v) is 10.2. The second kappa shape index (κ2) is 26.1. The number of rotatable bonds is 24. The molecule has 0 radical (unpaired) electrons. The van der Waals surface area contributed by atoms with Gasteiger partial charge in [-0.3, -0.25) is 9.59 Å². The molecule has 81 heavy (non-hydrogen) atoms. The number of phenolic OH excluding ortho intramolecular Hbond substituents is 1. The van der Waals surface area contributed by atoms with Gasteiger partial charge in [0, 0.05) is 132 Å². The number of hydrogen-bond acceptors (Lipinski definition) is 11. The lowest BCUT2D eigenvalue weighted by molar-refractivity contribution is -0.657. The zero-order valence-electron chi connectivity index (χ0n) is 47.9. The van der Waals surface area contributed by atoms with Gasteiger partial charge in [-0.15, -0.1) is 5.11 Å². The molecule has 2 amide bonds. The Morgan fingerprint density at radius 1 is 0.617 bits per heavy atom. The highest BCUT2D eigenvalue weighted by molar-refractivity contribution is 5.97. The van der Waals surface area contributed by atoms with Crippen LogP contribution in [0.4, 0.5) is 40.1 Å². The molecule has 17 heteroatoms. The van der Waals surface area contributed by atoms with Crippen LogP contribution in [0.5, 0.6) is 5.75 Å². The quantitative estimate of drug-likeness (QED) is 0.0401. The van der Waals surface area contributed by atoms with Crippen LogP contribution in [0.3, 0.4) is 0 Å². The summed E-state index contributed by atoms with van der Waals surface area (Å²) in [5.41, 5.74) is 13.0. The molecule has 0 saturated heterocycles. The Hall–Kier alpha value is -9.25. The van der Waals surface area contributed by atoms with Crippen molar-refractivity contribution in [2.24, 2.45) is 27.5 Å². The number of nitrogens with zero attached hydrogens (tertiary/aromatic N) is 12. The molecule has 0 aliphatic carbocycles. The van der Waals surface area contributed by atoms with Crippen molar-refractivity contribution >= 4 is 51.9 Å². The van der Waals surface area contributed by atoms with Crippen LogP contribution >= 0.6 is 0 Å². The van der Waals surface area contributed by atoms with Gasteiger partial charge in [0.2, 0.25) is 6.29 Å². The van der Waals surface area contributed by atoms with Crippen LogP contribution in [0.1, 0.15) is 83.0 Å². The van der Waals surface area contributed by atoms with Crippen molar-refractivity contribution < 1.29 is 19.3 Å². The molecule has 17 nitrogen and oxygen atoms in total. The number of phenols is 1. The lowest BCUT2D eigenvalue weighted by atomic mass is 10.1. The minimum Gasteiger partial charge on any atom is -0.505 e. The van der Waals surface area contributed by atoms with Crippen LogP contribution < -0.4 is 15.2 Å². The third kappa shape index (κ3) is 13.8. The van der Waals surface area contributed by atoms with Gasteiger partial charge in [0.15, 0.2) is 0 Å². The Morgan fingerprint density at radius 2 is 1.12 bits per heavy atom. The predicted molar refractivity (Wildman–Crippen MR) is 321 cm³/mol. The van der Waals surface area contributed by atoms with Gasteiger partial charge in [0.25, 0.3) is 11.8 Å². The molecule has 4 heterocycles. The van der Waals surface area contributed by atoms with Crippen molar-refractivity contribution in [3.63, 3.8) is 0 Å². The van der Waals surface area contributed by atoms with Crippen LogP contribution in [-0.4, -0.2) is 97.3 Å².